The fourth-order valence-corrected chi connectivity index (χ4v) is 2.81. The zero-order chi connectivity index (χ0) is 23.6. The van der Waals surface area contributed by atoms with Gasteiger partial charge in [0.25, 0.3) is 5.91 Å². The fourth-order valence-electron chi connectivity index (χ4n) is 2.81. The molecule has 0 aliphatic rings. The number of amides is 1. The molecule has 0 aliphatic carbocycles. The summed E-state index contributed by atoms with van der Waals surface area (Å²) >= 11 is 0. The summed E-state index contributed by atoms with van der Waals surface area (Å²) in [4.78, 5) is 41.0. The van der Waals surface area contributed by atoms with E-state index in [1.165, 1.54) is 7.05 Å². The molecule has 1 amide bonds. The van der Waals surface area contributed by atoms with Gasteiger partial charge in [-0.25, -0.2) is 4.79 Å². The highest BCUT2D eigenvalue weighted by Gasteiger charge is 2.23. The number of hydrogen-bond donors (Lipinski definition) is 3. The molecule has 31 heavy (non-hydrogen) atoms. The number of aliphatic hydroxyl groups is 3. The minimum atomic E-state index is -1.02. The number of likely N-dealkylation sites (N-methyl/N-ethyl adjacent to an activating group) is 1. The van der Waals surface area contributed by atoms with Crippen molar-refractivity contribution in [2.45, 2.75) is 58.0 Å². The number of carbonyl (C=O) groups excluding carboxylic acids is 3. The Labute approximate surface area is 183 Å². The molecule has 0 spiro atoms. The van der Waals surface area contributed by atoms with E-state index in [0.717, 1.165) is 10.6 Å². The van der Waals surface area contributed by atoms with Gasteiger partial charge in [-0.2, -0.15) is 5.06 Å². The Morgan fingerprint density at radius 3 is 2.19 bits per heavy atom. The van der Waals surface area contributed by atoms with Crippen molar-refractivity contribution in [1.29, 1.82) is 0 Å². The molecule has 9 nitrogen and oxygen atoms in total. The molecule has 1 rings (SSSR count). The van der Waals surface area contributed by atoms with E-state index in [1.807, 2.05) is 18.7 Å². The summed E-state index contributed by atoms with van der Waals surface area (Å²) in [6, 6.07) is 6.60. The van der Waals surface area contributed by atoms with Crippen LogP contribution in [0, 0.1) is 5.92 Å². The molecule has 1 aromatic carbocycles. The number of nitrogens with zero attached hydrogens (tertiary/aromatic N) is 2. The molecule has 0 saturated heterocycles. The van der Waals surface area contributed by atoms with Gasteiger partial charge in [0.2, 0.25) is 0 Å². The third kappa shape index (κ3) is 9.56. The van der Waals surface area contributed by atoms with Crippen LogP contribution in [0.15, 0.2) is 24.3 Å². The van der Waals surface area contributed by atoms with Crippen molar-refractivity contribution in [3.63, 3.8) is 0 Å². The zero-order valence-corrected chi connectivity index (χ0v) is 18.6. The van der Waals surface area contributed by atoms with Crippen LogP contribution in [0.4, 0.5) is 0 Å². The standard InChI is InChI=1S/C22H34N2O7/c1-15(2)18(26)12-19(27)20(28)14-23(3)13-16-7-9-17(10-8-16)22(30)31-24(4)21(29)6-5-11-25/h7-11,15,18-20,26-28H,5-6,12-14H2,1-4H3/t18-,19-,20?/m0/s1. The lowest BCUT2D eigenvalue weighted by molar-refractivity contribution is -0.161. The fraction of sp³-hybridized carbons (Fsp3) is 0.591. The number of hydroxylamine groups is 2. The van der Waals surface area contributed by atoms with Crippen molar-refractivity contribution in [2.24, 2.45) is 5.92 Å². The van der Waals surface area contributed by atoms with E-state index in [9.17, 15) is 29.7 Å². The van der Waals surface area contributed by atoms with Crippen LogP contribution in [0.5, 0.6) is 0 Å². The van der Waals surface area contributed by atoms with Crippen LogP contribution in [0.25, 0.3) is 0 Å². The lowest BCUT2D eigenvalue weighted by Crippen LogP contribution is -2.39. The largest absolute Gasteiger partial charge is 0.393 e. The van der Waals surface area contributed by atoms with Crippen molar-refractivity contribution in [3.05, 3.63) is 35.4 Å². The van der Waals surface area contributed by atoms with Crippen molar-refractivity contribution >= 4 is 18.2 Å². The number of carbonyl (C=O) groups is 3. The van der Waals surface area contributed by atoms with Crippen molar-refractivity contribution in [3.8, 4) is 0 Å². The first-order valence-corrected chi connectivity index (χ1v) is 10.3. The lowest BCUT2D eigenvalue weighted by Gasteiger charge is -2.26. The van der Waals surface area contributed by atoms with Crippen LogP contribution in [0.2, 0.25) is 0 Å². The Balaban J connectivity index is 2.54. The third-order valence-electron chi connectivity index (χ3n) is 4.88. The number of hydrogen-bond acceptors (Lipinski definition) is 8. The molecule has 1 aromatic rings. The Hall–Kier alpha value is -2.33. The third-order valence-corrected chi connectivity index (χ3v) is 4.88. The summed E-state index contributed by atoms with van der Waals surface area (Å²) in [6.45, 7) is 4.37. The van der Waals surface area contributed by atoms with Crippen molar-refractivity contribution < 1.29 is 34.5 Å². The molecule has 1 unspecified atom stereocenters. The van der Waals surface area contributed by atoms with E-state index in [0.29, 0.717) is 12.8 Å². The molecule has 0 fully saturated rings. The maximum atomic E-state index is 12.1. The topological polar surface area (TPSA) is 128 Å². The molecule has 3 N–H and O–H groups in total. The summed E-state index contributed by atoms with van der Waals surface area (Å²) in [5.74, 6) is -1.16. The van der Waals surface area contributed by atoms with Crippen LogP contribution >= 0.6 is 0 Å². The number of benzene rings is 1. The average Bonchev–Trinajstić information content (AvgIpc) is 2.71. The van der Waals surface area contributed by atoms with Crippen molar-refractivity contribution in [1.82, 2.24) is 9.96 Å². The average molecular weight is 439 g/mol. The first-order chi connectivity index (χ1) is 14.5. The summed E-state index contributed by atoms with van der Waals surface area (Å²) in [7, 11) is 3.10. The number of aliphatic hydroxyl groups excluding tert-OH is 3. The Morgan fingerprint density at radius 1 is 1.03 bits per heavy atom. The van der Waals surface area contributed by atoms with Gasteiger partial charge in [0.15, 0.2) is 0 Å². The smallest absolute Gasteiger partial charge is 0.363 e. The van der Waals surface area contributed by atoms with Crippen LogP contribution in [-0.4, -0.2) is 82.4 Å². The molecule has 9 heteroatoms. The molecular weight excluding hydrogens is 404 g/mol. The lowest BCUT2D eigenvalue weighted by atomic mass is 9.98. The summed E-state index contributed by atoms with van der Waals surface area (Å²) in [6.07, 6.45) is -1.94. The monoisotopic (exact) mass is 438 g/mol. The van der Waals surface area contributed by atoms with Gasteiger partial charge in [-0.15, -0.1) is 0 Å². The Kier molecular flexibility index (Phi) is 11.3. The van der Waals surface area contributed by atoms with Gasteiger partial charge in [-0.1, -0.05) is 26.0 Å². The molecule has 0 aliphatic heterocycles. The molecule has 174 valence electrons. The van der Waals surface area contributed by atoms with Crippen LogP contribution in [-0.2, 0) is 21.0 Å². The van der Waals surface area contributed by atoms with Gasteiger partial charge in [-0.3, -0.25) is 9.69 Å². The van der Waals surface area contributed by atoms with E-state index in [2.05, 4.69) is 0 Å². The van der Waals surface area contributed by atoms with Gasteiger partial charge in [0, 0.05) is 39.4 Å². The SMILES string of the molecule is CC(C)[C@@H](O)C[C@H](O)C(O)CN(C)Cc1ccc(C(=O)ON(C)C(=O)CCC=O)cc1. The highest BCUT2D eigenvalue weighted by molar-refractivity contribution is 5.90. The molecule has 0 radical (unpaired) electrons. The normalized spacial score (nSPS) is 14.2. The van der Waals surface area contributed by atoms with E-state index in [1.54, 1.807) is 31.3 Å². The maximum Gasteiger partial charge on any atom is 0.363 e. The van der Waals surface area contributed by atoms with Crippen LogP contribution in [0.1, 0.15) is 49.0 Å². The second kappa shape index (κ2) is 13.2. The molecule has 0 heterocycles. The van der Waals surface area contributed by atoms with Gasteiger partial charge < -0.3 is 25.0 Å². The van der Waals surface area contributed by atoms with E-state index in [-0.39, 0.29) is 37.3 Å². The predicted octanol–water partition coefficient (Wildman–Crippen LogP) is 0.756. The Morgan fingerprint density at radius 2 is 1.65 bits per heavy atom. The van der Waals surface area contributed by atoms with E-state index in [4.69, 9.17) is 4.84 Å². The minimum absolute atomic E-state index is 0.000892. The van der Waals surface area contributed by atoms with Crippen LogP contribution < -0.4 is 0 Å². The van der Waals surface area contributed by atoms with Gasteiger partial charge >= 0.3 is 5.97 Å². The van der Waals surface area contributed by atoms with Gasteiger partial charge in [0.05, 0.1) is 23.9 Å². The quantitative estimate of drug-likeness (QED) is 0.322. The highest BCUT2D eigenvalue weighted by atomic mass is 16.7. The summed E-state index contributed by atoms with van der Waals surface area (Å²) < 4.78 is 0. The number of rotatable bonds is 12. The first-order valence-electron chi connectivity index (χ1n) is 10.3. The molecule has 0 saturated carbocycles. The predicted molar refractivity (Wildman–Crippen MR) is 114 cm³/mol. The van der Waals surface area contributed by atoms with Crippen molar-refractivity contribution in [2.75, 3.05) is 20.6 Å². The highest BCUT2D eigenvalue weighted by Crippen LogP contribution is 2.13. The zero-order valence-electron chi connectivity index (χ0n) is 18.6. The second-order valence-corrected chi connectivity index (χ2v) is 8.05. The van der Waals surface area contributed by atoms with Crippen LogP contribution in [0.3, 0.4) is 0 Å². The van der Waals surface area contributed by atoms with E-state index < -0.39 is 30.2 Å². The van der Waals surface area contributed by atoms with Gasteiger partial charge in [0.1, 0.15) is 6.29 Å². The van der Waals surface area contributed by atoms with Gasteiger partial charge in [-0.05, 0) is 30.7 Å². The summed E-state index contributed by atoms with van der Waals surface area (Å²) in [5.41, 5.74) is 1.14. The minimum Gasteiger partial charge on any atom is -0.393 e. The first kappa shape index (κ1) is 26.7. The molecule has 0 bridgehead atoms. The summed E-state index contributed by atoms with van der Waals surface area (Å²) in [5, 5.41) is 30.9. The molecule has 0 aromatic heterocycles. The molecular formula is C22H34N2O7. The Bertz CT molecular complexity index is 708. The van der Waals surface area contributed by atoms with E-state index >= 15 is 0 Å². The number of aldehydes is 1. The molecule has 3 atom stereocenters. The second-order valence-electron chi connectivity index (χ2n) is 8.05. The maximum absolute atomic E-state index is 12.1.